The Hall–Kier alpha value is -1.35. The average Bonchev–Trinajstić information content (AvgIpc) is 2.66. The van der Waals surface area contributed by atoms with E-state index in [0.29, 0.717) is 5.92 Å². The van der Waals surface area contributed by atoms with E-state index < -0.39 is 0 Å². The molecule has 1 heterocycles. The second-order valence-corrected chi connectivity index (χ2v) is 4.68. The van der Waals surface area contributed by atoms with Crippen molar-refractivity contribution in [1.29, 1.82) is 0 Å². The number of nitrogen functional groups attached to an aromatic ring is 1. The Bertz CT molecular complexity index is 422. The zero-order valence-corrected chi connectivity index (χ0v) is 9.55. The SMILES string of the molecule is C[C@H](Cc1ccccc1)c1csc(N)[nH+]1. The molecule has 0 bridgehead atoms. The average molecular weight is 219 g/mol. The van der Waals surface area contributed by atoms with Gasteiger partial charge in [-0.2, -0.15) is 0 Å². The molecule has 1 atom stereocenters. The molecule has 0 spiro atoms. The van der Waals surface area contributed by atoms with Crippen LogP contribution in [0.2, 0.25) is 0 Å². The molecule has 1 aromatic carbocycles. The van der Waals surface area contributed by atoms with E-state index in [1.807, 2.05) is 6.07 Å². The maximum absolute atomic E-state index is 5.67. The van der Waals surface area contributed by atoms with Crippen LogP contribution in [0.15, 0.2) is 35.7 Å². The summed E-state index contributed by atoms with van der Waals surface area (Å²) in [5.74, 6) is 0.487. The molecule has 2 nitrogen and oxygen atoms in total. The summed E-state index contributed by atoms with van der Waals surface area (Å²) in [7, 11) is 0. The molecular formula is C12H15N2S+. The quantitative estimate of drug-likeness (QED) is 0.846. The summed E-state index contributed by atoms with van der Waals surface area (Å²) in [5.41, 5.74) is 8.26. The topological polar surface area (TPSA) is 40.2 Å². The molecule has 78 valence electrons. The first kappa shape index (κ1) is 10.2. The number of nitrogens with two attached hydrogens (primary N) is 1. The fraction of sp³-hybridized carbons (Fsp3) is 0.250. The highest BCUT2D eigenvalue weighted by Crippen LogP contribution is 2.19. The van der Waals surface area contributed by atoms with Gasteiger partial charge in [-0.25, -0.2) is 4.98 Å². The van der Waals surface area contributed by atoms with Crippen LogP contribution in [0.25, 0.3) is 0 Å². The second kappa shape index (κ2) is 4.45. The Morgan fingerprint density at radius 3 is 2.67 bits per heavy atom. The number of thiazole rings is 1. The molecule has 0 radical (unpaired) electrons. The van der Waals surface area contributed by atoms with E-state index in [0.717, 1.165) is 11.6 Å². The van der Waals surface area contributed by atoms with Crippen molar-refractivity contribution in [3.05, 3.63) is 47.0 Å². The van der Waals surface area contributed by atoms with E-state index in [1.165, 1.54) is 11.3 Å². The van der Waals surface area contributed by atoms with E-state index in [1.54, 1.807) is 11.3 Å². The molecule has 0 aliphatic rings. The number of aromatic amines is 1. The van der Waals surface area contributed by atoms with Crippen LogP contribution in [-0.2, 0) is 6.42 Å². The van der Waals surface area contributed by atoms with Gasteiger partial charge >= 0.3 is 5.13 Å². The van der Waals surface area contributed by atoms with Crippen LogP contribution in [0, 0.1) is 0 Å². The van der Waals surface area contributed by atoms with Gasteiger partial charge in [0.05, 0.1) is 0 Å². The van der Waals surface area contributed by atoms with E-state index in [-0.39, 0.29) is 0 Å². The van der Waals surface area contributed by atoms with Crippen molar-refractivity contribution < 1.29 is 4.98 Å². The molecule has 0 amide bonds. The molecule has 0 unspecified atom stereocenters. The molecule has 0 aliphatic carbocycles. The van der Waals surface area contributed by atoms with Crippen molar-refractivity contribution in [3.8, 4) is 0 Å². The van der Waals surface area contributed by atoms with E-state index in [9.17, 15) is 0 Å². The molecule has 0 saturated heterocycles. The molecule has 2 rings (SSSR count). The molecule has 0 fully saturated rings. The van der Waals surface area contributed by atoms with Crippen LogP contribution >= 0.6 is 11.3 Å². The third kappa shape index (κ3) is 2.57. The largest absolute Gasteiger partial charge is 0.329 e. The van der Waals surface area contributed by atoms with Gasteiger partial charge in [0.1, 0.15) is 5.69 Å². The minimum atomic E-state index is 0.487. The van der Waals surface area contributed by atoms with Crippen LogP contribution in [0.3, 0.4) is 0 Å². The molecule has 2 aromatic rings. The lowest BCUT2D eigenvalue weighted by molar-refractivity contribution is -0.369. The van der Waals surface area contributed by atoms with Crippen molar-refractivity contribution in [1.82, 2.24) is 0 Å². The van der Waals surface area contributed by atoms with E-state index in [2.05, 4.69) is 41.6 Å². The van der Waals surface area contributed by atoms with Gasteiger partial charge in [-0.05, 0) is 12.0 Å². The number of hydrogen-bond acceptors (Lipinski definition) is 2. The van der Waals surface area contributed by atoms with E-state index >= 15 is 0 Å². The lowest BCUT2D eigenvalue weighted by Gasteiger charge is -2.06. The molecule has 0 aliphatic heterocycles. The Morgan fingerprint density at radius 1 is 1.33 bits per heavy atom. The predicted octanol–water partition coefficient (Wildman–Crippen LogP) is 2.49. The summed E-state index contributed by atoms with van der Waals surface area (Å²) in [5, 5.41) is 2.88. The smallest absolute Gasteiger partial charge is 0.278 e. The number of H-pyrrole nitrogens is 1. The summed E-state index contributed by atoms with van der Waals surface area (Å²) in [6.07, 6.45) is 1.05. The highest BCUT2D eigenvalue weighted by Gasteiger charge is 2.12. The number of aromatic nitrogens is 1. The summed E-state index contributed by atoms with van der Waals surface area (Å²) in [4.78, 5) is 3.19. The van der Waals surface area contributed by atoms with Crippen LogP contribution < -0.4 is 10.7 Å². The van der Waals surface area contributed by atoms with Gasteiger partial charge in [-0.3, -0.25) is 5.73 Å². The van der Waals surface area contributed by atoms with E-state index in [4.69, 9.17) is 5.73 Å². The maximum Gasteiger partial charge on any atom is 0.329 e. The first-order valence-electron chi connectivity index (χ1n) is 5.06. The third-order valence-electron chi connectivity index (χ3n) is 2.50. The minimum Gasteiger partial charge on any atom is -0.278 e. The Balaban J connectivity index is 2.07. The van der Waals surface area contributed by atoms with Crippen molar-refractivity contribution in [2.75, 3.05) is 5.73 Å². The third-order valence-corrected chi connectivity index (χ3v) is 3.22. The summed E-state index contributed by atoms with van der Waals surface area (Å²) < 4.78 is 0. The summed E-state index contributed by atoms with van der Waals surface area (Å²) in [6.45, 7) is 2.21. The number of nitrogens with one attached hydrogen (secondary N) is 1. The first-order valence-corrected chi connectivity index (χ1v) is 5.94. The normalized spacial score (nSPS) is 12.6. The number of hydrogen-bond donors (Lipinski definition) is 1. The van der Waals surface area contributed by atoms with Gasteiger partial charge in [-0.15, -0.1) is 0 Å². The molecular weight excluding hydrogens is 204 g/mol. The van der Waals surface area contributed by atoms with Gasteiger partial charge in [0, 0.05) is 11.3 Å². The predicted molar refractivity (Wildman–Crippen MR) is 63.8 cm³/mol. The van der Waals surface area contributed by atoms with Crippen molar-refractivity contribution in [3.63, 3.8) is 0 Å². The molecule has 0 saturated carbocycles. The number of anilines is 1. The van der Waals surface area contributed by atoms with Crippen molar-refractivity contribution in [2.45, 2.75) is 19.3 Å². The molecule has 3 heteroatoms. The fourth-order valence-corrected chi connectivity index (χ4v) is 2.37. The van der Waals surface area contributed by atoms with Gasteiger partial charge in [-0.1, -0.05) is 48.6 Å². The maximum atomic E-state index is 5.67. The summed E-state index contributed by atoms with van der Waals surface area (Å²) in [6, 6.07) is 10.5. The molecule has 15 heavy (non-hydrogen) atoms. The zero-order valence-electron chi connectivity index (χ0n) is 8.73. The molecule has 3 N–H and O–H groups in total. The van der Waals surface area contributed by atoms with Gasteiger partial charge in [0.25, 0.3) is 0 Å². The van der Waals surface area contributed by atoms with Crippen LogP contribution in [0.1, 0.15) is 24.1 Å². The highest BCUT2D eigenvalue weighted by atomic mass is 32.1. The van der Waals surface area contributed by atoms with Crippen LogP contribution in [0.4, 0.5) is 5.13 Å². The summed E-state index contributed by atoms with van der Waals surface area (Å²) >= 11 is 1.57. The minimum absolute atomic E-state index is 0.487. The van der Waals surface area contributed by atoms with Crippen molar-refractivity contribution >= 4 is 16.5 Å². The lowest BCUT2D eigenvalue weighted by atomic mass is 9.99. The lowest BCUT2D eigenvalue weighted by Crippen LogP contribution is -2.14. The highest BCUT2D eigenvalue weighted by molar-refractivity contribution is 7.13. The Labute approximate surface area is 93.8 Å². The standard InChI is InChI=1S/C12H14N2S/c1-9(11-8-15-12(13)14-11)7-10-5-3-2-4-6-10/h2-6,8-9H,7H2,1H3,(H2,13,14)/p+1/t9-/m1/s1. The Morgan fingerprint density at radius 2 is 2.07 bits per heavy atom. The van der Waals surface area contributed by atoms with Gasteiger partial charge in [0.15, 0.2) is 0 Å². The monoisotopic (exact) mass is 219 g/mol. The second-order valence-electron chi connectivity index (χ2n) is 3.77. The fourth-order valence-electron chi connectivity index (χ4n) is 1.65. The van der Waals surface area contributed by atoms with Crippen molar-refractivity contribution in [2.24, 2.45) is 0 Å². The van der Waals surface area contributed by atoms with Crippen LogP contribution in [-0.4, -0.2) is 0 Å². The Kier molecular flexibility index (Phi) is 3.02. The number of benzene rings is 1. The first-order chi connectivity index (χ1) is 7.25. The zero-order chi connectivity index (χ0) is 10.7. The van der Waals surface area contributed by atoms with Gasteiger partial charge < -0.3 is 0 Å². The van der Waals surface area contributed by atoms with Gasteiger partial charge in [0.2, 0.25) is 0 Å². The number of rotatable bonds is 3. The van der Waals surface area contributed by atoms with Crippen LogP contribution in [0.5, 0.6) is 0 Å². The molecule has 1 aromatic heterocycles.